The Labute approximate surface area is 93.1 Å². The Balaban J connectivity index is 2.55. The van der Waals surface area contributed by atoms with Crippen molar-refractivity contribution in [3.8, 4) is 0 Å². The van der Waals surface area contributed by atoms with Gasteiger partial charge in [-0.25, -0.2) is 0 Å². The van der Waals surface area contributed by atoms with Crippen molar-refractivity contribution in [2.24, 2.45) is 0 Å². The number of aryl methyl sites for hydroxylation is 1. The standard InChI is InChI=1S/C10H14N2O4/c1-7-8(6-11-16-7)10(14)12(2)5-4-9(13)15-3/h6H,4-5H2,1-3H3. The van der Waals surface area contributed by atoms with Crippen LogP contribution < -0.4 is 0 Å². The summed E-state index contributed by atoms with van der Waals surface area (Å²) in [7, 11) is 2.92. The van der Waals surface area contributed by atoms with Crippen molar-refractivity contribution in [3.63, 3.8) is 0 Å². The Kier molecular flexibility index (Phi) is 4.04. The summed E-state index contributed by atoms with van der Waals surface area (Å²) in [6, 6.07) is 0. The summed E-state index contributed by atoms with van der Waals surface area (Å²) in [6.07, 6.45) is 1.54. The molecule has 1 aromatic heterocycles. The summed E-state index contributed by atoms with van der Waals surface area (Å²) in [6.45, 7) is 1.96. The van der Waals surface area contributed by atoms with Gasteiger partial charge in [0.15, 0.2) is 0 Å². The van der Waals surface area contributed by atoms with E-state index in [4.69, 9.17) is 4.52 Å². The first kappa shape index (κ1) is 12.2. The molecule has 0 radical (unpaired) electrons. The lowest BCUT2D eigenvalue weighted by atomic mass is 10.2. The molecule has 6 heteroatoms. The number of rotatable bonds is 4. The predicted molar refractivity (Wildman–Crippen MR) is 54.8 cm³/mol. The van der Waals surface area contributed by atoms with Crippen LogP contribution in [0.2, 0.25) is 0 Å². The monoisotopic (exact) mass is 226 g/mol. The normalized spacial score (nSPS) is 9.94. The molecule has 1 rings (SSSR count). The van der Waals surface area contributed by atoms with E-state index in [0.29, 0.717) is 17.9 Å². The fourth-order valence-corrected chi connectivity index (χ4v) is 1.17. The highest BCUT2D eigenvalue weighted by atomic mass is 16.5. The quantitative estimate of drug-likeness (QED) is 0.703. The minimum atomic E-state index is -0.346. The number of esters is 1. The molecule has 0 spiro atoms. The number of methoxy groups -OCH3 is 1. The van der Waals surface area contributed by atoms with Crippen LogP contribution in [0.5, 0.6) is 0 Å². The minimum absolute atomic E-state index is 0.170. The largest absolute Gasteiger partial charge is 0.469 e. The van der Waals surface area contributed by atoms with Crippen LogP contribution in [-0.2, 0) is 9.53 Å². The van der Waals surface area contributed by atoms with Gasteiger partial charge in [-0.15, -0.1) is 0 Å². The molecule has 0 aliphatic heterocycles. The molecule has 1 heterocycles. The van der Waals surface area contributed by atoms with Gasteiger partial charge in [-0.3, -0.25) is 9.59 Å². The first-order valence-corrected chi connectivity index (χ1v) is 4.79. The predicted octanol–water partition coefficient (Wildman–Crippen LogP) is 0.618. The summed E-state index contributed by atoms with van der Waals surface area (Å²) in [5.74, 6) is -0.0979. The summed E-state index contributed by atoms with van der Waals surface area (Å²) in [4.78, 5) is 24.1. The van der Waals surface area contributed by atoms with Crippen LogP contribution in [-0.4, -0.2) is 42.6 Å². The minimum Gasteiger partial charge on any atom is -0.469 e. The van der Waals surface area contributed by atoms with Crippen molar-refractivity contribution < 1.29 is 18.8 Å². The Morgan fingerprint density at radius 2 is 2.25 bits per heavy atom. The Morgan fingerprint density at radius 1 is 1.56 bits per heavy atom. The summed E-state index contributed by atoms with van der Waals surface area (Å²) in [5, 5.41) is 3.52. The number of ether oxygens (including phenoxy) is 1. The summed E-state index contributed by atoms with van der Waals surface area (Å²) < 4.78 is 9.28. The molecule has 1 amide bonds. The molecular weight excluding hydrogens is 212 g/mol. The number of nitrogens with zero attached hydrogens (tertiary/aromatic N) is 2. The summed E-state index contributed by atoms with van der Waals surface area (Å²) in [5.41, 5.74) is 0.410. The van der Waals surface area contributed by atoms with E-state index >= 15 is 0 Å². The van der Waals surface area contributed by atoms with Crippen LogP contribution in [0.4, 0.5) is 0 Å². The van der Waals surface area contributed by atoms with E-state index in [0.717, 1.165) is 0 Å². The molecule has 0 aliphatic rings. The molecule has 0 N–H and O–H groups in total. The maximum absolute atomic E-state index is 11.8. The number of hydrogen-bond donors (Lipinski definition) is 0. The van der Waals surface area contributed by atoms with Gasteiger partial charge < -0.3 is 14.2 Å². The average Bonchev–Trinajstić information content (AvgIpc) is 2.70. The number of aromatic nitrogens is 1. The highest BCUT2D eigenvalue weighted by Crippen LogP contribution is 2.09. The first-order chi connectivity index (χ1) is 7.56. The van der Waals surface area contributed by atoms with Crippen LogP contribution in [0.15, 0.2) is 10.7 Å². The van der Waals surface area contributed by atoms with Crippen LogP contribution in [0.3, 0.4) is 0 Å². The molecule has 0 saturated carbocycles. The Bertz CT molecular complexity index is 386. The first-order valence-electron chi connectivity index (χ1n) is 4.79. The maximum atomic E-state index is 11.8. The van der Waals surface area contributed by atoms with Gasteiger partial charge in [0.2, 0.25) is 0 Å². The number of carbonyl (C=O) groups excluding carboxylic acids is 2. The summed E-state index contributed by atoms with van der Waals surface area (Å²) >= 11 is 0. The lowest BCUT2D eigenvalue weighted by Crippen LogP contribution is -2.29. The smallest absolute Gasteiger partial charge is 0.307 e. The lowest BCUT2D eigenvalue weighted by Gasteiger charge is -2.15. The molecule has 6 nitrogen and oxygen atoms in total. The van der Waals surface area contributed by atoms with Gasteiger partial charge in [0, 0.05) is 13.6 Å². The lowest BCUT2D eigenvalue weighted by molar-refractivity contribution is -0.140. The second-order valence-electron chi connectivity index (χ2n) is 3.35. The molecule has 0 aliphatic carbocycles. The van der Waals surface area contributed by atoms with Gasteiger partial charge >= 0.3 is 5.97 Å². The van der Waals surface area contributed by atoms with Crippen LogP contribution >= 0.6 is 0 Å². The van der Waals surface area contributed by atoms with Crippen LogP contribution in [0.1, 0.15) is 22.5 Å². The third-order valence-corrected chi connectivity index (χ3v) is 2.21. The molecule has 0 aromatic carbocycles. The average molecular weight is 226 g/mol. The van der Waals surface area contributed by atoms with Crippen molar-refractivity contribution in [1.82, 2.24) is 10.1 Å². The molecule has 0 bridgehead atoms. The number of carbonyl (C=O) groups is 2. The zero-order chi connectivity index (χ0) is 12.1. The fraction of sp³-hybridized carbons (Fsp3) is 0.500. The zero-order valence-corrected chi connectivity index (χ0v) is 9.52. The SMILES string of the molecule is COC(=O)CCN(C)C(=O)c1cnoc1C. The molecule has 0 fully saturated rings. The number of amides is 1. The van der Waals surface area contributed by atoms with E-state index in [-0.39, 0.29) is 18.3 Å². The molecule has 0 unspecified atom stereocenters. The topological polar surface area (TPSA) is 72.6 Å². The van der Waals surface area contributed by atoms with Gasteiger partial charge in [0.1, 0.15) is 11.3 Å². The third kappa shape index (κ3) is 2.82. The van der Waals surface area contributed by atoms with E-state index < -0.39 is 0 Å². The van der Waals surface area contributed by atoms with E-state index in [1.54, 1.807) is 14.0 Å². The van der Waals surface area contributed by atoms with E-state index in [9.17, 15) is 9.59 Å². The molecule has 1 aromatic rings. The van der Waals surface area contributed by atoms with Crippen LogP contribution in [0, 0.1) is 6.92 Å². The highest BCUT2D eigenvalue weighted by molar-refractivity contribution is 5.94. The molecular formula is C10H14N2O4. The van der Waals surface area contributed by atoms with E-state index in [2.05, 4.69) is 9.89 Å². The van der Waals surface area contributed by atoms with Gasteiger partial charge in [-0.05, 0) is 6.92 Å². The van der Waals surface area contributed by atoms with Gasteiger partial charge in [0.05, 0.1) is 19.7 Å². The third-order valence-electron chi connectivity index (χ3n) is 2.21. The molecule has 88 valence electrons. The Morgan fingerprint density at radius 3 is 2.75 bits per heavy atom. The highest BCUT2D eigenvalue weighted by Gasteiger charge is 2.17. The van der Waals surface area contributed by atoms with Crippen molar-refractivity contribution in [2.45, 2.75) is 13.3 Å². The Hall–Kier alpha value is -1.85. The maximum Gasteiger partial charge on any atom is 0.307 e. The van der Waals surface area contributed by atoms with Crippen molar-refractivity contribution in [3.05, 3.63) is 17.5 Å². The number of hydrogen-bond acceptors (Lipinski definition) is 5. The molecule has 0 saturated heterocycles. The van der Waals surface area contributed by atoms with Gasteiger partial charge in [-0.2, -0.15) is 0 Å². The van der Waals surface area contributed by atoms with Crippen LogP contribution in [0.25, 0.3) is 0 Å². The van der Waals surface area contributed by atoms with E-state index in [1.807, 2.05) is 0 Å². The molecule has 0 atom stereocenters. The van der Waals surface area contributed by atoms with Crippen molar-refractivity contribution >= 4 is 11.9 Å². The second kappa shape index (κ2) is 5.29. The van der Waals surface area contributed by atoms with Gasteiger partial charge in [0.25, 0.3) is 5.91 Å². The van der Waals surface area contributed by atoms with Gasteiger partial charge in [-0.1, -0.05) is 5.16 Å². The second-order valence-corrected chi connectivity index (χ2v) is 3.35. The fourth-order valence-electron chi connectivity index (χ4n) is 1.17. The zero-order valence-electron chi connectivity index (χ0n) is 9.52. The van der Waals surface area contributed by atoms with Crippen molar-refractivity contribution in [1.29, 1.82) is 0 Å². The van der Waals surface area contributed by atoms with Crippen molar-refractivity contribution in [2.75, 3.05) is 20.7 Å². The molecule has 16 heavy (non-hydrogen) atoms. The van der Waals surface area contributed by atoms with E-state index in [1.165, 1.54) is 18.2 Å².